The lowest BCUT2D eigenvalue weighted by atomic mass is 9.87. The summed E-state index contributed by atoms with van der Waals surface area (Å²) in [6.07, 6.45) is 1.90. The van der Waals surface area contributed by atoms with Gasteiger partial charge >= 0.3 is 0 Å². The quantitative estimate of drug-likeness (QED) is 0.503. The summed E-state index contributed by atoms with van der Waals surface area (Å²) in [5, 5.41) is 8.42. The number of aromatic nitrogens is 3. The van der Waals surface area contributed by atoms with Crippen LogP contribution in [0.2, 0.25) is 0 Å². The summed E-state index contributed by atoms with van der Waals surface area (Å²) < 4.78 is 12.8. The molecule has 0 unspecified atom stereocenters. The molecule has 0 aliphatic heterocycles. The third-order valence-electron chi connectivity index (χ3n) is 4.96. The number of methoxy groups -OCH3 is 2. The van der Waals surface area contributed by atoms with Gasteiger partial charge in [0, 0.05) is 5.56 Å². The molecule has 30 heavy (non-hydrogen) atoms. The van der Waals surface area contributed by atoms with Crippen molar-refractivity contribution in [1.29, 1.82) is 0 Å². The van der Waals surface area contributed by atoms with E-state index in [9.17, 15) is 4.79 Å². The molecule has 0 amide bonds. The molecule has 0 spiro atoms. The van der Waals surface area contributed by atoms with Gasteiger partial charge in [0.25, 0.3) is 5.56 Å². The van der Waals surface area contributed by atoms with E-state index in [1.807, 2.05) is 24.3 Å². The zero-order valence-electron chi connectivity index (χ0n) is 17.6. The molecule has 2 aromatic carbocycles. The molecular formula is C23H23N3O3S. The van der Waals surface area contributed by atoms with Crippen molar-refractivity contribution in [3.05, 3.63) is 68.5 Å². The minimum atomic E-state index is -0.135. The van der Waals surface area contributed by atoms with E-state index in [1.54, 1.807) is 30.8 Å². The zero-order valence-corrected chi connectivity index (χ0v) is 18.4. The Morgan fingerprint density at radius 1 is 0.967 bits per heavy atom. The molecule has 0 N–H and O–H groups in total. The highest BCUT2D eigenvalue weighted by atomic mass is 32.1. The molecule has 2 heterocycles. The lowest BCUT2D eigenvalue weighted by molar-refractivity contribution is 0.355. The molecule has 0 saturated carbocycles. The third kappa shape index (κ3) is 3.57. The molecule has 0 atom stereocenters. The van der Waals surface area contributed by atoms with Gasteiger partial charge in [0.1, 0.15) is 0 Å². The van der Waals surface area contributed by atoms with Crippen molar-refractivity contribution >= 4 is 22.4 Å². The van der Waals surface area contributed by atoms with Crippen LogP contribution in [-0.2, 0) is 5.41 Å². The molecule has 2 aromatic heterocycles. The second-order valence-corrected chi connectivity index (χ2v) is 9.01. The van der Waals surface area contributed by atoms with E-state index in [-0.39, 0.29) is 11.0 Å². The van der Waals surface area contributed by atoms with Crippen LogP contribution in [0.5, 0.6) is 11.5 Å². The topological polar surface area (TPSA) is 65.7 Å². The molecule has 4 aromatic rings. The van der Waals surface area contributed by atoms with Gasteiger partial charge in [0.05, 0.1) is 18.8 Å². The Hall–Kier alpha value is -3.19. The molecule has 0 aliphatic carbocycles. The lowest BCUT2D eigenvalue weighted by Crippen LogP contribution is -2.23. The Balaban J connectivity index is 1.79. The molecule has 0 bridgehead atoms. The molecular weight excluding hydrogens is 398 g/mol. The fourth-order valence-electron chi connectivity index (χ4n) is 3.26. The van der Waals surface area contributed by atoms with E-state index >= 15 is 0 Å². The van der Waals surface area contributed by atoms with Crippen molar-refractivity contribution < 1.29 is 9.47 Å². The Morgan fingerprint density at radius 3 is 2.30 bits per heavy atom. The van der Waals surface area contributed by atoms with Crippen LogP contribution in [0.3, 0.4) is 0 Å². The Morgan fingerprint density at radius 2 is 1.67 bits per heavy atom. The molecule has 0 fully saturated rings. The molecule has 6 nitrogen and oxygen atoms in total. The summed E-state index contributed by atoms with van der Waals surface area (Å²) in [5.41, 5.74) is 2.92. The summed E-state index contributed by atoms with van der Waals surface area (Å²) in [7, 11) is 3.15. The first-order chi connectivity index (χ1) is 14.3. The van der Waals surface area contributed by atoms with Crippen molar-refractivity contribution in [2.24, 2.45) is 0 Å². The predicted octanol–water partition coefficient (Wildman–Crippen LogP) is 3.68. The Bertz CT molecular complexity index is 1310. The van der Waals surface area contributed by atoms with Crippen molar-refractivity contribution in [2.75, 3.05) is 14.2 Å². The Kier molecular flexibility index (Phi) is 5.07. The Labute approximate surface area is 178 Å². The van der Waals surface area contributed by atoms with Gasteiger partial charge in [-0.25, -0.2) is 4.40 Å². The summed E-state index contributed by atoms with van der Waals surface area (Å²) in [6, 6.07) is 13.7. The highest BCUT2D eigenvalue weighted by molar-refractivity contribution is 7.15. The molecule has 0 radical (unpaired) electrons. The van der Waals surface area contributed by atoms with Crippen LogP contribution in [0.25, 0.3) is 22.4 Å². The second-order valence-electron chi connectivity index (χ2n) is 8.00. The second kappa shape index (κ2) is 7.57. The van der Waals surface area contributed by atoms with E-state index < -0.39 is 0 Å². The highest BCUT2D eigenvalue weighted by Crippen LogP contribution is 2.31. The van der Waals surface area contributed by atoms with Gasteiger partial charge in [-0.3, -0.25) is 4.79 Å². The first-order valence-corrected chi connectivity index (χ1v) is 10.4. The van der Waals surface area contributed by atoms with E-state index in [1.165, 1.54) is 16.9 Å². The minimum Gasteiger partial charge on any atom is -0.493 e. The number of hydrogen-bond acceptors (Lipinski definition) is 6. The normalized spacial score (nSPS) is 12.5. The van der Waals surface area contributed by atoms with Gasteiger partial charge in [0.15, 0.2) is 17.3 Å². The van der Waals surface area contributed by atoms with Gasteiger partial charge < -0.3 is 9.47 Å². The fourth-order valence-corrected chi connectivity index (χ4v) is 4.17. The van der Waals surface area contributed by atoms with Gasteiger partial charge in [-0.05, 0) is 40.8 Å². The molecule has 154 valence electrons. The number of thiazole rings is 1. The van der Waals surface area contributed by atoms with Crippen molar-refractivity contribution in [1.82, 2.24) is 14.6 Å². The minimum absolute atomic E-state index is 0.0891. The molecule has 4 rings (SSSR count). The number of fused-ring (bicyclic) bond motifs is 1. The van der Waals surface area contributed by atoms with E-state index in [2.05, 4.69) is 43.1 Å². The first kappa shape index (κ1) is 20.1. The summed E-state index contributed by atoms with van der Waals surface area (Å²) in [4.78, 5) is 13.7. The largest absolute Gasteiger partial charge is 0.493 e. The zero-order chi connectivity index (χ0) is 21.5. The summed E-state index contributed by atoms with van der Waals surface area (Å²) >= 11 is 1.33. The summed E-state index contributed by atoms with van der Waals surface area (Å²) in [6.45, 7) is 6.54. The average molecular weight is 422 g/mol. The van der Waals surface area contributed by atoms with Crippen molar-refractivity contribution in [3.8, 4) is 22.9 Å². The third-order valence-corrected chi connectivity index (χ3v) is 5.92. The molecule has 0 saturated heterocycles. The number of hydrogen-bond donors (Lipinski definition) is 0. The van der Waals surface area contributed by atoms with Gasteiger partial charge in [-0.1, -0.05) is 56.4 Å². The van der Waals surface area contributed by atoms with Crippen LogP contribution in [0, 0.1) is 0 Å². The van der Waals surface area contributed by atoms with Crippen LogP contribution in [0.4, 0.5) is 0 Å². The number of nitrogens with zero attached hydrogens (tertiary/aromatic N) is 3. The van der Waals surface area contributed by atoms with Gasteiger partial charge in [0.2, 0.25) is 4.96 Å². The number of benzene rings is 2. The molecule has 0 aliphatic rings. The van der Waals surface area contributed by atoms with Crippen LogP contribution in [-0.4, -0.2) is 28.8 Å². The maximum atomic E-state index is 13.1. The van der Waals surface area contributed by atoms with Crippen LogP contribution < -0.4 is 19.6 Å². The van der Waals surface area contributed by atoms with Crippen molar-refractivity contribution in [3.63, 3.8) is 0 Å². The summed E-state index contributed by atoms with van der Waals surface area (Å²) in [5.74, 6) is 1.66. The van der Waals surface area contributed by atoms with Crippen LogP contribution in [0.15, 0.2) is 47.3 Å². The highest BCUT2D eigenvalue weighted by Gasteiger charge is 2.16. The van der Waals surface area contributed by atoms with Crippen LogP contribution >= 0.6 is 11.3 Å². The monoisotopic (exact) mass is 421 g/mol. The SMILES string of the molecule is COc1ccc(-c2nnc3s/c(=C/c4ccc(C(C)(C)C)cc4)c(=O)n23)cc1OC. The number of rotatable bonds is 4. The van der Waals surface area contributed by atoms with E-state index in [4.69, 9.17) is 9.47 Å². The first-order valence-electron chi connectivity index (χ1n) is 9.54. The predicted molar refractivity (Wildman–Crippen MR) is 120 cm³/mol. The van der Waals surface area contributed by atoms with Crippen molar-refractivity contribution in [2.45, 2.75) is 26.2 Å². The smallest absolute Gasteiger partial charge is 0.276 e. The standard InChI is InChI=1S/C23H23N3O3S/c1-23(2,3)16-9-6-14(7-10-16)12-19-21(27)26-20(24-25-22(26)30-19)15-8-11-17(28-4)18(13-15)29-5/h6-13H,1-5H3/b19-12+. The lowest BCUT2D eigenvalue weighted by Gasteiger charge is -2.18. The van der Waals surface area contributed by atoms with E-state index in [0.717, 1.165) is 11.1 Å². The van der Waals surface area contributed by atoms with E-state index in [0.29, 0.717) is 26.8 Å². The maximum Gasteiger partial charge on any atom is 0.276 e. The fraction of sp³-hybridized carbons (Fsp3) is 0.261. The van der Waals surface area contributed by atoms with Gasteiger partial charge in [-0.15, -0.1) is 10.2 Å². The maximum absolute atomic E-state index is 13.1. The molecule has 7 heteroatoms. The average Bonchev–Trinajstić information content (AvgIpc) is 3.27. The number of ether oxygens (including phenoxy) is 2. The van der Waals surface area contributed by atoms with Gasteiger partial charge in [-0.2, -0.15) is 0 Å². The van der Waals surface area contributed by atoms with Crippen LogP contribution in [0.1, 0.15) is 31.9 Å².